The van der Waals surface area contributed by atoms with Gasteiger partial charge in [0.1, 0.15) is 17.1 Å². The molecule has 0 aliphatic heterocycles. The van der Waals surface area contributed by atoms with Gasteiger partial charge in [-0.25, -0.2) is 9.97 Å². The Balaban J connectivity index is 2.31. The number of fused-ring (bicyclic) bond motifs is 1. The summed E-state index contributed by atoms with van der Waals surface area (Å²) < 4.78 is 2.95. The minimum atomic E-state index is 0.230. The van der Waals surface area contributed by atoms with Gasteiger partial charge in [-0.3, -0.25) is 0 Å². The van der Waals surface area contributed by atoms with Gasteiger partial charge in [-0.1, -0.05) is 0 Å². The first-order chi connectivity index (χ1) is 8.66. The van der Waals surface area contributed by atoms with Gasteiger partial charge in [0.05, 0.1) is 5.56 Å². The molecular weight excluding hydrogens is 341 g/mol. The molecule has 0 radical (unpaired) electrons. The van der Waals surface area contributed by atoms with Crippen molar-refractivity contribution in [3.63, 3.8) is 0 Å². The first-order valence-electron chi connectivity index (χ1n) is 5.43. The summed E-state index contributed by atoms with van der Waals surface area (Å²) in [5, 5.41) is 9.96. The quantitative estimate of drug-likeness (QED) is 0.686. The molecule has 0 bridgehead atoms. The normalized spacial score (nSPS) is 11.0. The van der Waals surface area contributed by atoms with Crippen LogP contribution >= 0.6 is 22.6 Å². The van der Waals surface area contributed by atoms with Crippen LogP contribution in [0.3, 0.4) is 0 Å². The van der Waals surface area contributed by atoms with E-state index in [0.717, 1.165) is 26.1 Å². The molecule has 1 aromatic carbocycles. The lowest BCUT2D eigenvalue weighted by atomic mass is 10.2. The molecule has 18 heavy (non-hydrogen) atoms. The zero-order valence-electron chi connectivity index (χ0n) is 9.63. The van der Waals surface area contributed by atoms with E-state index in [2.05, 4.69) is 32.6 Å². The van der Waals surface area contributed by atoms with Gasteiger partial charge in [0.25, 0.3) is 0 Å². The lowest BCUT2D eigenvalue weighted by molar-refractivity contribution is 0.476. The Labute approximate surface area is 117 Å². The number of aromatic nitrogens is 3. The molecule has 1 N–H and O–H groups in total. The van der Waals surface area contributed by atoms with E-state index < -0.39 is 0 Å². The summed E-state index contributed by atoms with van der Waals surface area (Å²) >= 11 is 2.22. The number of benzene rings is 1. The Morgan fingerprint density at radius 1 is 1.28 bits per heavy atom. The van der Waals surface area contributed by atoms with Crippen LogP contribution in [0.4, 0.5) is 0 Å². The Kier molecular flexibility index (Phi) is 2.70. The number of rotatable bonds is 1. The lowest BCUT2D eigenvalue weighted by Gasteiger charge is -2.05. The predicted octanol–water partition coefficient (Wildman–Crippen LogP) is 2.95. The first kappa shape index (κ1) is 11.5. The molecule has 90 valence electrons. The number of hydrogen-bond donors (Lipinski definition) is 1. The molecule has 0 spiro atoms. The number of hydrogen-bond acceptors (Lipinski definition) is 3. The Bertz CT molecular complexity index is 736. The molecule has 3 aromatic rings. The van der Waals surface area contributed by atoms with E-state index in [4.69, 9.17) is 0 Å². The van der Waals surface area contributed by atoms with Gasteiger partial charge in [0.15, 0.2) is 5.65 Å². The number of nitrogens with zero attached hydrogens (tertiary/aromatic N) is 3. The summed E-state index contributed by atoms with van der Waals surface area (Å²) in [6.07, 6.45) is 1.74. The standard InChI is InChI=1S/C13H10IN3O/c1-17-12(9-7-8(14)4-5-11(9)18)16-10-3-2-6-15-13(10)17/h2-7,18H,1H3. The average Bonchev–Trinajstić information content (AvgIpc) is 2.71. The molecule has 0 saturated heterocycles. The second-order valence-corrected chi connectivity index (χ2v) is 5.25. The van der Waals surface area contributed by atoms with Gasteiger partial charge < -0.3 is 9.67 Å². The van der Waals surface area contributed by atoms with Crippen LogP contribution < -0.4 is 0 Å². The fourth-order valence-electron chi connectivity index (χ4n) is 1.95. The van der Waals surface area contributed by atoms with E-state index in [9.17, 15) is 5.11 Å². The van der Waals surface area contributed by atoms with Crippen molar-refractivity contribution in [1.29, 1.82) is 0 Å². The number of aromatic hydroxyl groups is 1. The molecule has 0 fully saturated rings. The van der Waals surface area contributed by atoms with E-state index in [-0.39, 0.29) is 5.75 Å². The van der Waals surface area contributed by atoms with Crippen LogP contribution in [0, 0.1) is 3.57 Å². The SMILES string of the molecule is Cn1c(-c2cc(I)ccc2O)nc2cccnc21. The van der Waals surface area contributed by atoms with E-state index >= 15 is 0 Å². The van der Waals surface area contributed by atoms with E-state index in [1.807, 2.05) is 35.9 Å². The molecule has 0 unspecified atom stereocenters. The van der Waals surface area contributed by atoms with Gasteiger partial charge in [-0.2, -0.15) is 0 Å². The van der Waals surface area contributed by atoms with Crippen LogP contribution in [0.2, 0.25) is 0 Å². The van der Waals surface area contributed by atoms with Crippen molar-refractivity contribution in [2.24, 2.45) is 7.05 Å². The van der Waals surface area contributed by atoms with Crippen molar-refractivity contribution in [2.75, 3.05) is 0 Å². The molecule has 0 aliphatic rings. The highest BCUT2D eigenvalue weighted by molar-refractivity contribution is 14.1. The predicted molar refractivity (Wildman–Crippen MR) is 78.3 cm³/mol. The zero-order chi connectivity index (χ0) is 12.7. The average molecular weight is 351 g/mol. The van der Waals surface area contributed by atoms with Gasteiger partial charge in [0.2, 0.25) is 0 Å². The van der Waals surface area contributed by atoms with Crippen molar-refractivity contribution in [1.82, 2.24) is 14.5 Å². The highest BCUT2D eigenvalue weighted by Crippen LogP contribution is 2.31. The van der Waals surface area contributed by atoms with Crippen molar-refractivity contribution in [3.05, 3.63) is 40.1 Å². The molecule has 5 heteroatoms. The van der Waals surface area contributed by atoms with Crippen molar-refractivity contribution < 1.29 is 5.11 Å². The monoisotopic (exact) mass is 351 g/mol. The number of aryl methyl sites for hydroxylation is 1. The third-order valence-electron chi connectivity index (χ3n) is 2.83. The number of imidazole rings is 1. The molecule has 0 atom stereocenters. The maximum atomic E-state index is 9.96. The Morgan fingerprint density at radius 2 is 2.11 bits per heavy atom. The summed E-state index contributed by atoms with van der Waals surface area (Å²) in [6.45, 7) is 0. The first-order valence-corrected chi connectivity index (χ1v) is 6.51. The maximum Gasteiger partial charge on any atom is 0.160 e. The summed E-state index contributed by atoms with van der Waals surface area (Å²) in [5.74, 6) is 0.952. The molecular formula is C13H10IN3O. The van der Waals surface area contributed by atoms with Gasteiger partial charge in [-0.05, 0) is 52.9 Å². The smallest absolute Gasteiger partial charge is 0.160 e. The number of phenols is 1. The van der Waals surface area contributed by atoms with Crippen LogP contribution in [-0.4, -0.2) is 19.6 Å². The van der Waals surface area contributed by atoms with Gasteiger partial charge in [0, 0.05) is 16.8 Å². The Morgan fingerprint density at radius 3 is 2.89 bits per heavy atom. The van der Waals surface area contributed by atoms with Crippen molar-refractivity contribution >= 4 is 33.8 Å². The van der Waals surface area contributed by atoms with E-state index in [1.165, 1.54) is 0 Å². The van der Waals surface area contributed by atoms with Crippen LogP contribution in [0.25, 0.3) is 22.6 Å². The molecule has 0 saturated carbocycles. The maximum absolute atomic E-state index is 9.96. The summed E-state index contributed by atoms with van der Waals surface area (Å²) in [5.41, 5.74) is 2.36. The van der Waals surface area contributed by atoms with Crippen LogP contribution in [0.15, 0.2) is 36.5 Å². The fourth-order valence-corrected chi connectivity index (χ4v) is 2.44. The number of halogens is 1. The van der Waals surface area contributed by atoms with Gasteiger partial charge in [-0.15, -0.1) is 0 Å². The fraction of sp³-hybridized carbons (Fsp3) is 0.0769. The molecule has 2 aromatic heterocycles. The third-order valence-corrected chi connectivity index (χ3v) is 3.50. The molecule has 3 rings (SSSR count). The topological polar surface area (TPSA) is 50.9 Å². The second kappa shape index (κ2) is 4.24. The Hall–Kier alpha value is -1.63. The van der Waals surface area contributed by atoms with Crippen molar-refractivity contribution in [3.8, 4) is 17.1 Å². The lowest BCUT2D eigenvalue weighted by Crippen LogP contribution is -1.94. The van der Waals surface area contributed by atoms with Crippen LogP contribution in [0.5, 0.6) is 5.75 Å². The van der Waals surface area contributed by atoms with Crippen LogP contribution in [-0.2, 0) is 7.05 Å². The van der Waals surface area contributed by atoms with E-state index in [1.54, 1.807) is 12.3 Å². The highest BCUT2D eigenvalue weighted by atomic mass is 127. The summed E-state index contributed by atoms with van der Waals surface area (Å²) in [4.78, 5) is 8.82. The minimum Gasteiger partial charge on any atom is -0.507 e. The number of phenolic OH excluding ortho intramolecular Hbond substituents is 1. The molecule has 4 nitrogen and oxygen atoms in total. The van der Waals surface area contributed by atoms with Crippen molar-refractivity contribution in [2.45, 2.75) is 0 Å². The minimum absolute atomic E-state index is 0.230. The molecule has 0 aliphatic carbocycles. The summed E-state index contributed by atoms with van der Waals surface area (Å²) in [7, 11) is 1.90. The van der Waals surface area contributed by atoms with E-state index in [0.29, 0.717) is 0 Å². The largest absolute Gasteiger partial charge is 0.507 e. The third kappa shape index (κ3) is 1.74. The van der Waals surface area contributed by atoms with Crippen LogP contribution in [0.1, 0.15) is 0 Å². The molecule has 2 heterocycles. The molecule has 0 amide bonds. The highest BCUT2D eigenvalue weighted by Gasteiger charge is 2.13. The second-order valence-electron chi connectivity index (χ2n) is 4.00. The number of pyridine rings is 1. The zero-order valence-corrected chi connectivity index (χ0v) is 11.8. The summed E-state index contributed by atoms with van der Waals surface area (Å²) in [6, 6.07) is 9.23. The van der Waals surface area contributed by atoms with Gasteiger partial charge >= 0.3 is 0 Å².